The fourth-order valence-electron chi connectivity index (χ4n) is 2.32. The smallest absolute Gasteiger partial charge is 0.339 e. The summed E-state index contributed by atoms with van der Waals surface area (Å²) >= 11 is 0. The van der Waals surface area contributed by atoms with Gasteiger partial charge in [0.25, 0.3) is 0 Å². The highest BCUT2D eigenvalue weighted by Crippen LogP contribution is 2.36. The van der Waals surface area contributed by atoms with Gasteiger partial charge in [0.1, 0.15) is 22.6 Å². The van der Waals surface area contributed by atoms with Crippen LogP contribution in [0.2, 0.25) is 0 Å². The maximum Gasteiger partial charge on any atom is 0.339 e. The average molecular weight is 350 g/mol. The van der Waals surface area contributed by atoms with Crippen molar-refractivity contribution in [1.29, 1.82) is 0 Å². The highest BCUT2D eigenvalue weighted by atomic mass is 16.5. The Morgan fingerprint density at radius 3 is 1.19 bits per heavy atom. The predicted molar refractivity (Wildman–Crippen MR) is 93.4 cm³/mol. The number of hydrogen-bond acceptors (Lipinski definition) is 4. The average Bonchev–Trinajstić information content (AvgIpc) is 2.64. The van der Waals surface area contributed by atoms with Crippen molar-refractivity contribution in [3.8, 4) is 23.0 Å². The van der Waals surface area contributed by atoms with Crippen LogP contribution in [0.25, 0.3) is 0 Å². The number of carboxylic acids is 2. The normalized spacial score (nSPS) is 10.2. The lowest BCUT2D eigenvalue weighted by Crippen LogP contribution is -2.01. The van der Waals surface area contributed by atoms with Crippen LogP contribution in [0.3, 0.4) is 0 Å². The third-order valence-corrected chi connectivity index (χ3v) is 3.52. The largest absolute Gasteiger partial charge is 0.478 e. The minimum atomic E-state index is -1.12. The van der Waals surface area contributed by atoms with Crippen molar-refractivity contribution < 1.29 is 29.3 Å². The molecule has 0 saturated heterocycles. The number of carboxylic acid groups (broad SMARTS) is 2. The van der Waals surface area contributed by atoms with Gasteiger partial charge in [-0.3, -0.25) is 0 Å². The van der Waals surface area contributed by atoms with Gasteiger partial charge in [-0.05, 0) is 36.4 Å². The molecule has 0 aromatic heterocycles. The molecule has 0 amide bonds. The van der Waals surface area contributed by atoms with Gasteiger partial charge in [0.2, 0.25) is 0 Å². The maximum absolute atomic E-state index is 11.3. The van der Waals surface area contributed by atoms with Crippen molar-refractivity contribution in [2.75, 3.05) is 0 Å². The van der Waals surface area contributed by atoms with Crippen LogP contribution in [0.5, 0.6) is 23.0 Å². The van der Waals surface area contributed by atoms with E-state index < -0.39 is 11.9 Å². The Hall–Kier alpha value is -3.80. The summed E-state index contributed by atoms with van der Waals surface area (Å²) in [6, 6.07) is 19.1. The van der Waals surface area contributed by atoms with Gasteiger partial charge in [0.15, 0.2) is 11.5 Å². The lowest BCUT2D eigenvalue weighted by molar-refractivity contribution is 0.0682. The predicted octanol–water partition coefficient (Wildman–Crippen LogP) is 4.67. The van der Waals surface area contributed by atoms with Gasteiger partial charge < -0.3 is 19.7 Å². The summed E-state index contributed by atoms with van der Waals surface area (Å²) in [5, 5.41) is 18.5. The van der Waals surface area contributed by atoms with Gasteiger partial charge in [-0.25, -0.2) is 9.59 Å². The summed E-state index contributed by atoms with van der Waals surface area (Å²) in [5.74, 6) is -1.39. The first-order valence-electron chi connectivity index (χ1n) is 7.65. The van der Waals surface area contributed by atoms with Gasteiger partial charge in [-0.1, -0.05) is 36.4 Å². The second-order valence-electron chi connectivity index (χ2n) is 5.25. The molecule has 3 rings (SSSR count). The number of benzene rings is 3. The lowest BCUT2D eigenvalue weighted by atomic mass is 10.2. The minimum absolute atomic E-state index is 0.00763. The summed E-state index contributed by atoms with van der Waals surface area (Å²) in [6.45, 7) is 0. The molecule has 0 aliphatic carbocycles. The molecule has 26 heavy (non-hydrogen) atoms. The van der Waals surface area contributed by atoms with Crippen molar-refractivity contribution in [2.45, 2.75) is 0 Å². The van der Waals surface area contributed by atoms with E-state index in [4.69, 9.17) is 9.47 Å². The van der Waals surface area contributed by atoms with Crippen LogP contribution in [-0.2, 0) is 0 Å². The molecule has 130 valence electrons. The van der Waals surface area contributed by atoms with Crippen molar-refractivity contribution in [3.05, 3.63) is 83.9 Å². The standard InChI is InChI=1S/C20H14O6/c21-19(22)13-7-1-3-9-15(13)25-17-11-5-6-12-18(17)26-16-10-4-2-8-14(16)20(23)24/h1-12H,(H,21,22)(H,23,24). The Balaban J connectivity index is 1.96. The fourth-order valence-corrected chi connectivity index (χ4v) is 2.32. The monoisotopic (exact) mass is 350 g/mol. The molecule has 6 nitrogen and oxygen atoms in total. The molecule has 0 aliphatic rings. The number of aromatic carboxylic acids is 2. The topological polar surface area (TPSA) is 93.1 Å². The van der Waals surface area contributed by atoms with E-state index in [1.807, 2.05) is 0 Å². The third-order valence-electron chi connectivity index (χ3n) is 3.52. The van der Waals surface area contributed by atoms with Crippen molar-refractivity contribution in [2.24, 2.45) is 0 Å². The second kappa shape index (κ2) is 7.40. The first kappa shape index (κ1) is 17.0. The van der Waals surface area contributed by atoms with E-state index in [2.05, 4.69) is 0 Å². The van der Waals surface area contributed by atoms with Gasteiger partial charge in [0, 0.05) is 0 Å². The van der Waals surface area contributed by atoms with E-state index in [-0.39, 0.29) is 34.1 Å². The zero-order valence-corrected chi connectivity index (χ0v) is 13.5. The van der Waals surface area contributed by atoms with E-state index in [9.17, 15) is 19.8 Å². The highest BCUT2D eigenvalue weighted by Gasteiger charge is 2.16. The molecule has 0 bridgehead atoms. The number of hydrogen-bond donors (Lipinski definition) is 2. The Kier molecular flexibility index (Phi) is 4.85. The summed E-state index contributed by atoms with van der Waals surface area (Å²) in [7, 11) is 0. The van der Waals surface area contributed by atoms with Crippen LogP contribution < -0.4 is 9.47 Å². The van der Waals surface area contributed by atoms with E-state index in [0.717, 1.165) is 0 Å². The molecule has 3 aromatic carbocycles. The van der Waals surface area contributed by atoms with Crippen LogP contribution >= 0.6 is 0 Å². The Labute approximate surface area is 148 Å². The van der Waals surface area contributed by atoms with Gasteiger partial charge in [-0.15, -0.1) is 0 Å². The Morgan fingerprint density at radius 2 is 0.846 bits per heavy atom. The van der Waals surface area contributed by atoms with Gasteiger partial charge in [0.05, 0.1) is 0 Å². The van der Waals surface area contributed by atoms with Gasteiger partial charge >= 0.3 is 11.9 Å². The third kappa shape index (κ3) is 3.64. The fraction of sp³-hybridized carbons (Fsp3) is 0. The van der Waals surface area contributed by atoms with Crippen LogP contribution in [-0.4, -0.2) is 22.2 Å². The quantitative estimate of drug-likeness (QED) is 0.671. The number of ether oxygens (including phenoxy) is 2. The Bertz CT molecular complexity index is 885. The van der Waals surface area contributed by atoms with E-state index in [1.54, 1.807) is 48.5 Å². The summed E-state index contributed by atoms with van der Waals surface area (Å²) in [5.41, 5.74) is 0.0153. The molecule has 0 spiro atoms. The zero-order chi connectivity index (χ0) is 18.5. The first-order valence-corrected chi connectivity index (χ1v) is 7.65. The molecule has 3 aromatic rings. The summed E-state index contributed by atoms with van der Waals surface area (Å²) < 4.78 is 11.4. The molecule has 0 radical (unpaired) electrons. The van der Waals surface area contributed by atoms with E-state index in [0.29, 0.717) is 0 Å². The van der Waals surface area contributed by atoms with Crippen molar-refractivity contribution >= 4 is 11.9 Å². The molecule has 0 atom stereocenters. The molecule has 0 heterocycles. The van der Waals surface area contributed by atoms with Crippen molar-refractivity contribution in [1.82, 2.24) is 0 Å². The first-order chi connectivity index (χ1) is 12.6. The number of rotatable bonds is 6. The van der Waals surface area contributed by atoms with E-state index >= 15 is 0 Å². The molecule has 0 fully saturated rings. The van der Waals surface area contributed by atoms with E-state index in [1.165, 1.54) is 24.3 Å². The Morgan fingerprint density at radius 1 is 0.538 bits per heavy atom. The van der Waals surface area contributed by atoms with Crippen LogP contribution in [0.1, 0.15) is 20.7 Å². The minimum Gasteiger partial charge on any atom is -0.478 e. The maximum atomic E-state index is 11.3. The second-order valence-corrected chi connectivity index (χ2v) is 5.25. The number of carbonyl (C=O) groups is 2. The van der Waals surface area contributed by atoms with Crippen LogP contribution in [0.15, 0.2) is 72.8 Å². The summed E-state index contributed by atoms with van der Waals surface area (Å²) in [6.07, 6.45) is 0. The molecule has 6 heteroatoms. The van der Waals surface area contributed by atoms with Gasteiger partial charge in [-0.2, -0.15) is 0 Å². The molecule has 0 unspecified atom stereocenters. The molecule has 0 aliphatic heterocycles. The summed E-state index contributed by atoms with van der Waals surface area (Å²) in [4.78, 5) is 22.7. The number of para-hydroxylation sites is 4. The van der Waals surface area contributed by atoms with Crippen molar-refractivity contribution in [3.63, 3.8) is 0 Å². The molecule has 2 N–H and O–H groups in total. The molecule has 0 saturated carbocycles. The lowest BCUT2D eigenvalue weighted by Gasteiger charge is -2.14. The van der Waals surface area contributed by atoms with Crippen LogP contribution in [0.4, 0.5) is 0 Å². The molecular formula is C20H14O6. The zero-order valence-electron chi connectivity index (χ0n) is 13.5. The molecular weight excluding hydrogens is 336 g/mol. The SMILES string of the molecule is O=C(O)c1ccccc1Oc1ccccc1Oc1ccccc1C(=O)O. The highest BCUT2D eigenvalue weighted by molar-refractivity contribution is 5.91. The van der Waals surface area contributed by atoms with Crippen LogP contribution in [0, 0.1) is 0 Å².